The Balaban J connectivity index is 1.82. The molecule has 2 atom stereocenters. The van der Waals surface area contributed by atoms with Gasteiger partial charge in [0.2, 0.25) is 0 Å². The number of nitrogens with zero attached hydrogens (tertiary/aromatic N) is 2. The number of hydrogen-bond acceptors (Lipinski definition) is 4. The highest BCUT2D eigenvalue weighted by atomic mass is 35.5. The van der Waals surface area contributed by atoms with Gasteiger partial charge in [0.05, 0.1) is 33.7 Å². The Hall–Kier alpha value is -0.810. The second kappa shape index (κ2) is 6.75. The molecule has 0 spiro atoms. The van der Waals surface area contributed by atoms with Crippen molar-refractivity contribution in [3.05, 3.63) is 45.8 Å². The van der Waals surface area contributed by atoms with E-state index in [-0.39, 0.29) is 6.10 Å². The normalized spacial score (nSPS) is 21.3. The number of aliphatic hydroxyl groups excluding tert-OH is 1. The van der Waals surface area contributed by atoms with Crippen molar-refractivity contribution in [1.82, 2.24) is 9.97 Å². The molecule has 116 valence electrons. The van der Waals surface area contributed by atoms with Crippen LogP contribution in [0.2, 0.25) is 10.0 Å². The number of benzene rings is 1. The first-order valence-electron chi connectivity index (χ1n) is 7.18. The second-order valence-corrected chi connectivity index (χ2v) is 7.32. The van der Waals surface area contributed by atoms with E-state index in [1.807, 2.05) is 25.3 Å². The van der Waals surface area contributed by atoms with E-state index >= 15 is 0 Å². The summed E-state index contributed by atoms with van der Waals surface area (Å²) in [6, 6.07) is 5.55. The SMILES string of the molecule is Cc1nc(C2CCC(O)C2)cnc1Sc1cccc(Cl)c1Cl. The lowest BCUT2D eigenvalue weighted by Gasteiger charge is -2.12. The predicted octanol–water partition coefficient (Wildman–Crippen LogP) is 4.87. The maximum Gasteiger partial charge on any atom is 0.122 e. The molecule has 1 aliphatic carbocycles. The molecule has 22 heavy (non-hydrogen) atoms. The molecule has 1 heterocycles. The topological polar surface area (TPSA) is 46.0 Å². The number of hydrogen-bond donors (Lipinski definition) is 1. The van der Waals surface area contributed by atoms with Crippen molar-refractivity contribution in [3.8, 4) is 0 Å². The number of aliphatic hydroxyl groups is 1. The standard InChI is InChI=1S/C16H16Cl2N2OS/c1-9-16(22-14-4-2-3-12(17)15(14)18)19-8-13(20-9)10-5-6-11(21)7-10/h2-4,8,10-11,21H,5-7H2,1H3. The summed E-state index contributed by atoms with van der Waals surface area (Å²) in [5.41, 5.74) is 1.84. The Morgan fingerprint density at radius 2 is 2.09 bits per heavy atom. The van der Waals surface area contributed by atoms with Crippen molar-refractivity contribution in [1.29, 1.82) is 0 Å². The molecule has 0 aliphatic heterocycles. The van der Waals surface area contributed by atoms with Crippen LogP contribution in [0, 0.1) is 6.92 Å². The Labute approximate surface area is 144 Å². The Morgan fingerprint density at radius 3 is 2.77 bits per heavy atom. The minimum atomic E-state index is -0.202. The molecular weight excluding hydrogens is 339 g/mol. The molecule has 0 amide bonds. The van der Waals surface area contributed by atoms with E-state index < -0.39 is 0 Å². The zero-order valence-electron chi connectivity index (χ0n) is 12.1. The van der Waals surface area contributed by atoms with E-state index in [0.717, 1.165) is 40.6 Å². The van der Waals surface area contributed by atoms with Crippen LogP contribution in [0.1, 0.15) is 36.6 Å². The van der Waals surface area contributed by atoms with Crippen molar-refractivity contribution in [3.63, 3.8) is 0 Å². The molecule has 3 rings (SSSR count). The molecule has 2 unspecified atom stereocenters. The quantitative estimate of drug-likeness (QED) is 0.853. The van der Waals surface area contributed by atoms with E-state index in [1.165, 1.54) is 11.8 Å². The molecule has 6 heteroatoms. The first-order valence-corrected chi connectivity index (χ1v) is 8.75. The van der Waals surface area contributed by atoms with Gasteiger partial charge in [0.25, 0.3) is 0 Å². The van der Waals surface area contributed by atoms with Gasteiger partial charge in [-0.2, -0.15) is 0 Å². The zero-order valence-corrected chi connectivity index (χ0v) is 14.4. The van der Waals surface area contributed by atoms with Crippen LogP contribution in [0.5, 0.6) is 0 Å². The molecule has 1 fully saturated rings. The van der Waals surface area contributed by atoms with Crippen molar-refractivity contribution < 1.29 is 5.11 Å². The first-order chi connectivity index (χ1) is 10.5. The highest BCUT2D eigenvalue weighted by Crippen LogP contribution is 2.38. The van der Waals surface area contributed by atoms with Crippen LogP contribution < -0.4 is 0 Å². The van der Waals surface area contributed by atoms with Crippen LogP contribution in [0.4, 0.5) is 0 Å². The van der Waals surface area contributed by atoms with Gasteiger partial charge in [-0.05, 0) is 38.3 Å². The monoisotopic (exact) mass is 354 g/mol. The number of rotatable bonds is 3. The fourth-order valence-electron chi connectivity index (χ4n) is 2.68. The fraction of sp³-hybridized carbons (Fsp3) is 0.375. The first kappa shape index (κ1) is 16.1. The highest BCUT2D eigenvalue weighted by Gasteiger charge is 2.26. The maximum absolute atomic E-state index is 9.66. The summed E-state index contributed by atoms with van der Waals surface area (Å²) >= 11 is 13.7. The molecular formula is C16H16Cl2N2OS. The van der Waals surface area contributed by atoms with Crippen LogP contribution in [0.15, 0.2) is 34.3 Å². The van der Waals surface area contributed by atoms with Crippen molar-refractivity contribution in [2.24, 2.45) is 0 Å². The van der Waals surface area contributed by atoms with Gasteiger partial charge in [0, 0.05) is 10.8 Å². The van der Waals surface area contributed by atoms with Crippen molar-refractivity contribution in [2.45, 2.75) is 48.1 Å². The van der Waals surface area contributed by atoms with Crippen LogP contribution >= 0.6 is 35.0 Å². The summed E-state index contributed by atoms with van der Waals surface area (Å²) in [6.07, 6.45) is 4.21. The lowest BCUT2D eigenvalue weighted by atomic mass is 10.0. The molecule has 1 aliphatic rings. The van der Waals surface area contributed by atoms with E-state index in [2.05, 4.69) is 9.97 Å². The Morgan fingerprint density at radius 1 is 1.27 bits per heavy atom. The minimum absolute atomic E-state index is 0.202. The van der Waals surface area contributed by atoms with Crippen LogP contribution in [0.3, 0.4) is 0 Å². The summed E-state index contributed by atoms with van der Waals surface area (Å²) in [4.78, 5) is 10.1. The zero-order chi connectivity index (χ0) is 15.7. The summed E-state index contributed by atoms with van der Waals surface area (Å²) < 4.78 is 0. The largest absolute Gasteiger partial charge is 0.393 e. The predicted molar refractivity (Wildman–Crippen MR) is 90.0 cm³/mol. The van der Waals surface area contributed by atoms with Gasteiger partial charge in [-0.25, -0.2) is 4.98 Å². The smallest absolute Gasteiger partial charge is 0.122 e. The Kier molecular flexibility index (Phi) is 4.93. The molecule has 1 N–H and O–H groups in total. The van der Waals surface area contributed by atoms with Gasteiger partial charge in [-0.15, -0.1) is 0 Å². The second-order valence-electron chi connectivity index (χ2n) is 5.50. The van der Waals surface area contributed by atoms with Gasteiger partial charge >= 0.3 is 0 Å². The van der Waals surface area contributed by atoms with E-state index in [1.54, 1.807) is 6.07 Å². The van der Waals surface area contributed by atoms with E-state index in [9.17, 15) is 5.11 Å². The molecule has 1 aromatic heterocycles. The number of halogens is 2. The molecule has 1 saturated carbocycles. The van der Waals surface area contributed by atoms with Crippen LogP contribution in [-0.4, -0.2) is 21.2 Å². The Bertz CT molecular complexity index is 696. The highest BCUT2D eigenvalue weighted by molar-refractivity contribution is 7.99. The van der Waals surface area contributed by atoms with Gasteiger partial charge in [0.15, 0.2) is 0 Å². The summed E-state index contributed by atoms with van der Waals surface area (Å²) in [6.45, 7) is 1.95. The van der Waals surface area contributed by atoms with Gasteiger partial charge in [-0.3, -0.25) is 4.98 Å². The minimum Gasteiger partial charge on any atom is -0.393 e. The fourth-order valence-corrected chi connectivity index (χ4v) is 4.00. The maximum atomic E-state index is 9.66. The number of aromatic nitrogens is 2. The molecule has 3 nitrogen and oxygen atoms in total. The van der Waals surface area contributed by atoms with Crippen LogP contribution in [-0.2, 0) is 0 Å². The molecule has 0 saturated heterocycles. The summed E-state index contributed by atoms with van der Waals surface area (Å²) in [5, 5.41) is 11.6. The third kappa shape index (κ3) is 3.40. The van der Waals surface area contributed by atoms with Gasteiger partial charge in [0.1, 0.15) is 5.03 Å². The molecule has 2 aromatic rings. The molecule has 0 bridgehead atoms. The lowest BCUT2D eigenvalue weighted by Crippen LogP contribution is -2.03. The van der Waals surface area contributed by atoms with Crippen LogP contribution in [0.25, 0.3) is 0 Å². The van der Waals surface area contributed by atoms with Gasteiger partial charge in [-0.1, -0.05) is 41.0 Å². The molecule has 1 aromatic carbocycles. The summed E-state index contributed by atoms with van der Waals surface area (Å²) in [7, 11) is 0. The van der Waals surface area contributed by atoms with E-state index in [0.29, 0.717) is 16.0 Å². The van der Waals surface area contributed by atoms with E-state index in [4.69, 9.17) is 23.2 Å². The number of aryl methyl sites for hydroxylation is 1. The molecule has 0 radical (unpaired) electrons. The van der Waals surface area contributed by atoms with Crippen molar-refractivity contribution in [2.75, 3.05) is 0 Å². The van der Waals surface area contributed by atoms with Crippen molar-refractivity contribution >= 4 is 35.0 Å². The van der Waals surface area contributed by atoms with Gasteiger partial charge < -0.3 is 5.11 Å². The summed E-state index contributed by atoms with van der Waals surface area (Å²) in [5.74, 6) is 0.315. The average molecular weight is 355 g/mol. The third-order valence-electron chi connectivity index (χ3n) is 3.87. The lowest BCUT2D eigenvalue weighted by molar-refractivity contribution is 0.181. The third-order valence-corrected chi connectivity index (χ3v) is 5.95. The average Bonchev–Trinajstić information content (AvgIpc) is 2.92.